The van der Waals surface area contributed by atoms with E-state index in [1.807, 2.05) is 25.1 Å². The van der Waals surface area contributed by atoms with Crippen molar-refractivity contribution in [3.05, 3.63) is 29.8 Å². The van der Waals surface area contributed by atoms with Crippen molar-refractivity contribution in [3.8, 4) is 0 Å². The van der Waals surface area contributed by atoms with E-state index in [1.165, 1.54) is 6.42 Å². The van der Waals surface area contributed by atoms with E-state index in [0.717, 1.165) is 24.3 Å². The van der Waals surface area contributed by atoms with Gasteiger partial charge in [-0.1, -0.05) is 18.2 Å². The molecular weight excluding hydrogens is 224 g/mol. The summed E-state index contributed by atoms with van der Waals surface area (Å²) in [5.41, 5.74) is 2.06. The van der Waals surface area contributed by atoms with E-state index in [9.17, 15) is 5.11 Å². The summed E-state index contributed by atoms with van der Waals surface area (Å²) < 4.78 is 0. The first-order valence-corrected chi connectivity index (χ1v) is 6.85. The van der Waals surface area contributed by atoms with E-state index in [4.69, 9.17) is 0 Å². The third-order valence-electron chi connectivity index (χ3n) is 3.72. The number of hydrogen-bond acceptors (Lipinski definition) is 3. The van der Waals surface area contributed by atoms with Crippen molar-refractivity contribution in [1.29, 1.82) is 0 Å². The van der Waals surface area contributed by atoms with Crippen LogP contribution in [-0.4, -0.2) is 35.2 Å². The molecule has 100 valence electrons. The average molecular weight is 248 g/mol. The number of likely N-dealkylation sites (tertiary alicyclic amines) is 1. The minimum Gasteiger partial charge on any atom is -0.389 e. The number of benzene rings is 1. The number of nitrogens with one attached hydrogen (secondary N) is 1. The summed E-state index contributed by atoms with van der Waals surface area (Å²) in [5.74, 6) is 0. The van der Waals surface area contributed by atoms with E-state index in [2.05, 4.69) is 30.1 Å². The molecule has 1 fully saturated rings. The number of aliphatic hydroxyl groups excluding tert-OH is 1. The van der Waals surface area contributed by atoms with E-state index >= 15 is 0 Å². The highest BCUT2D eigenvalue weighted by atomic mass is 16.3. The quantitative estimate of drug-likeness (QED) is 0.860. The molecule has 0 radical (unpaired) electrons. The van der Waals surface area contributed by atoms with Crippen LogP contribution in [0, 0.1) is 0 Å². The fourth-order valence-electron chi connectivity index (χ4n) is 2.59. The van der Waals surface area contributed by atoms with Gasteiger partial charge in [-0.05, 0) is 33.3 Å². The molecule has 0 amide bonds. The Morgan fingerprint density at radius 1 is 1.28 bits per heavy atom. The van der Waals surface area contributed by atoms with E-state index in [-0.39, 0.29) is 0 Å². The fourth-order valence-corrected chi connectivity index (χ4v) is 2.59. The zero-order valence-corrected chi connectivity index (χ0v) is 11.6. The second-order valence-electron chi connectivity index (χ2n) is 5.48. The average Bonchev–Trinajstić information content (AvgIpc) is 2.78. The molecule has 0 bridgehead atoms. The summed E-state index contributed by atoms with van der Waals surface area (Å²) in [4.78, 5) is 2.49. The van der Waals surface area contributed by atoms with Gasteiger partial charge in [0.05, 0.1) is 6.10 Å². The van der Waals surface area contributed by atoms with Gasteiger partial charge in [-0.2, -0.15) is 0 Å². The van der Waals surface area contributed by atoms with Crippen molar-refractivity contribution in [2.45, 2.75) is 45.4 Å². The molecular formula is C15H24N2O. The van der Waals surface area contributed by atoms with Crippen molar-refractivity contribution in [2.24, 2.45) is 0 Å². The minimum atomic E-state index is -0.420. The second kappa shape index (κ2) is 5.72. The maximum Gasteiger partial charge on any atom is 0.0781 e. The molecule has 1 aromatic carbocycles. The van der Waals surface area contributed by atoms with E-state index in [1.54, 1.807) is 0 Å². The Labute approximate surface area is 110 Å². The van der Waals surface area contributed by atoms with Crippen LogP contribution in [0.25, 0.3) is 0 Å². The molecule has 0 spiro atoms. The molecule has 3 nitrogen and oxygen atoms in total. The zero-order chi connectivity index (χ0) is 13.1. The first-order valence-electron chi connectivity index (χ1n) is 6.85. The van der Waals surface area contributed by atoms with Gasteiger partial charge in [0.25, 0.3) is 0 Å². The Balaban J connectivity index is 2.02. The Morgan fingerprint density at radius 3 is 2.61 bits per heavy atom. The number of rotatable bonds is 4. The smallest absolute Gasteiger partial charge is 0.0781 e. The van der Waals surface area contributed by atoms with Crippen LogP contribution in [0.4, 0.5) is 5.69 Å². The maximum atomic E-state index is 9.77. The molecule has 1 aliphatic heterocycles. The van der Waals surface area contributed by atoms with Crippen LogP contribution in [-0.2, 0) is 0 Å². The third-order valence-corrected chi connectivity index (χ3v) is 3.72. The summed E-state index contributed by atoms with van der Waals surface area (Å²) in [6.07, 6.45) is 0.753. The Hall–Kier alpha value is -1.06. The van der Waals surface area contributed by atoms with Crippen LogP contribution in [0.2, 0.25) is 0 Å². The van der Waals surface area contributed by atoms with Gasteiger partial charge >= 0.3 is 0 Å². The molecule has 1 aliphatic rings. The van der Waals surface area contributed by atoms with Gasteiger partial charge < -0.3 is 10.4 Å². The zero-order valence-electron chi connectivity index (χ0n) is 11.6. The molecule has 0 aliphatic carbocycles. The van der Waals surface area contributed by atoms with E-state index < -0.39 is 6.10 Å². The van der Waals surface area contributed by atoms with Crippen molar-refractivity contribution in [2.75, 3.05) is 18.4 Å². The van der Waals surface area contributed by atoms with Crippen LogP contribution < -0.4 is 5.32 Å². The molecule has 18 heavy (non-hydrogen) atoms. The van der Waals surface area contributed by atoms with Gasteiger partial charge in [-0.25, -0.2) is 0 Å². The van der Waals surface area contributed by atoms with Crippen molar-refractivity contribution in [1.82, 2.24) is 4.90 Å². The lowest BCUT2D eigenvalue weighted by molar-refractivity contribution is 0.200. The Kier molecular flexibility index (Phi) is 4.25. The molecule has 2 rings (SSSR count). The lowest BCUT2D eigenvalue weighted by Gasteiger charge is -2.22. The monoisotopic (exact) mass is 248 g/mol. The molecule has 3 heteroatoms. The lowest BCUT2D eigenvalue weighted by atomic mass is 10.1. The van der Waals surface area contributed by atoms with Gasteiger partial charge in [-0.15, -0.1) is 0 Å². The van der Waals surface area contributed by atoms with Crippen molar-refractivity contribution >= 4 is 5.69 Å². The maximum absolute atomic E-state index is 9.77. The predicted octanol–water partition coefficient (Wildman–Crippen LogP) is 2.63. The highest BCUT2D eigenvalue weighted by Crippen LogP contribution is 2.25. The van der Waals surface area contributed by atoms with Crippen LogP contribution in [0.5, 0.6) is 0 Å². The summed E-state index contributed by atoms with van der Waals surface area (Å²) in [7, 11) is 0. The lowest BCUT2D eigenvalue weighted by Crippen LogP contribution is -2.31. The molecule has 1 saturated heterocycles. The molecule has 1 aromatic rings. The highest BCUT2D eigenvalue weighted by molar-refractivity contribution is 5.52. The highest BCUT2D eigenvalue weighted by Gasteiger charge is 2.24. The number of nitrogens with zero attached hydrogens (tertiary/aromatic N) is 1. The Bertz CT molecular complexity index is 390. The summed E-state index contributed by atoms with van der Waals surface area (Å²) >= 11 is 0. The van der Waals surface area contributed by atoms with Gasteiger partial charge in [0.15, 0.2) is 0 Å². The molecule has 2 atom stereocenters. The Morgan fingerprint density at radius 2 is 2.00 bits per heavy atom. The second-order valence-corrected chi connectivity index (χ2v) is 5.48. The SMILES string of the molecule is CC(O)c1ccccc1NC1CCN(C(C)C)C1. The third kappa shape index (κ3) is 3.03. The van der Waals surface area contributed by atoms with Gasteiger partial charge in [0.1, 0.15) is 0 Å². The normalized spacial score (nSPS) is 22.4. The number of anilines is 1. The van der Waals surface area contributed by atoms with E-state index in [0.29, 0.717) is 12.1 Å². The van der Waals surface area contributed by atoms with Gasteiger partial charge in [-0.3, -0.25) is 4.90 Å². The number of aliphatic hydroxyl groups is 1. The largest absolute Gasteiger partial charge is 0.389 e. The molecule has 0 saturated carbocycles. The summed E-state index contributed by atoms with van der Waals surface area (Å²) in [5, 5.41) is 13.3. The first-order chi connectivity index (χ1) is 8.58. The molecule has 1 heterocycles. The fraction of sp³-hybridized carbons (Fsp3) is 0.600. The van der Waals surface area contributed by atoms with Crippen molar-refractivity contribution < 1.29 is 5.11 Å². The predicted molar refractivity (Wildman–Crippen MR) is 75.8 cm³/mol. The standard InChI is InChI=1S/C15H24N2O/c1-11(2)17-9-8-13(10-17)16-15-7-5-4-6-14(15)12(3)18/h4-7,11-13,16,18H,8-10H2,1-3H3. The van der Waals surface area contributed by atoms with Crippen LogP contribution in [0.3, 0.4) is 0 Å². The van der Waals surface area contributed by atoms with Gasteiger partial charge in [0, 0.05) is 36.4 Å². The summed E-state index contributed by atoms with van der Waals surface area (Å²) in [6, 6.07) is 9.14. The number of para-hydroxylation sites is 1. The molecule has 2 unspecified atom stereocenters. The van der Waals surface area contributed by atoms with Crippen LogP contribution in [0.15, 0.2) is 24.3 Å². The molecule has 2 N–H and O–H groups in total. The number of hydrogen-bond donors (Lipinski definition) is 2. The van der Waals surface area contributed by atoms with Crippen LogP contribution >= 0.6 is 0 Å². The minimum absolute atomic E-state index is 0.420. The first kappa shape index (κ1) is 13.4. The van der Waals surface area contributed by atoms with Gasteiger partial charge in [0.2, 0.25) is 0 Å². The van der Waals surface area contributed by atoms with Crippen molar-refractivity contribution in [3.63, 3.8) is 0 Å². The van der Waals surface area contributed by atoms with Crippen LogP contribution in [0.1, 0.15) is 38.9 Å². The topological polar surface area (TPSA) is 35.5 Å². The summed E-state index contributed by atoms with van der Waals surface area (Å²) in [6.45, 7) is 8.55. The molecule has 0 aromatic heterocycles.